The zero-order valence-corrected chi connectivity index (χ0v) is 10.6. The van der Waals surface area contributed by atoms with Gasteiger partial charge in [-0.3, -0.25) is 0 Å². The standard InChI is InChI=1S/C10H17F3N2O4/c1-3-4-15(5-10(11,12)13)9(19)14-7(6(2)16)8(17)18/h6-7,16H,3-5H2,1-2H3,(H,14,19)(H,17,18). The molecule has 0 aromatic carbocycles. The minimum absolute atomic E-state index is 0.169. The molecule has 0 aromatic rings. The van der Waals surface area contributed by atoms with Gasteiger partial charge in [-0.15, -0.1) is 0 Å². The van der Waals surface area contributed by atoms with E-state index in [0.29, 0.717) is 4.90 Å². The Bertz CT molecular complexity index is 320. The number of carboxylic acid groups (broad SMARTS) is 1. The maximum absolute atomic E-state index is 12.3. The predicted molar refractivity (Wildman–Crippen MR) is 59.6 cm³/mol. The summed E-state index contributed by atoms with van der Waals surface area (Å²) in [5.74, 6) is -1.52. The van der Waals surface area contributed by atoms with E-state index in [4.69, 9.17) is 10.2 Å². The molecule has 9 heteroatoms. The molecule has 0 rings (SSSR count). The molecule has 0 saturated carbocycles. The highest BCUT2D eigenvalue weighted by Gasteiger charge is 2.34. The summed E-state index contributed by atoms with van der Waals surface area (Å²) in [7, 11) is 0. The van der Waals surface area contributed by atoms with Crippen molar-refractivity contribution in [2.75, 3.05) is 13.1 Å². The Morgan fingerprint density at radius 2 is 1.89 bits per heavy atom. The zero-order chi connectivity index (χ0) is 15.2. The molecule has 0 aliphatic rings. The molecule has 6 nitrogen and oxygen atoms in total. The van der Waals surface area contributed by atoms with Crippen LogP contribution in [0.15, 0.2) is 0 Å². The molecule has 0 spiro atoms. The maximum Gasteiger partial charge on any atom is 0.406 e. The Balaban J connectivity index is 4.76. The number of aliphatic carboxylic acids is 1. The molecule has 19 heavy (non-hydrogen) atoms. The van der Waals surface area contributed by atoms with Crippen molar-refractivity contribution >= 4 is 12.0 Å². The van der Waals surface area contributed by atoms with E-state index < -0.39 is 36.9 Å². The Morgan fingerprint density at radius 3 is 2.21 bits per heavy atom. The van der Waals surface area contributed by atoms with E-state index in [9.17, 15) is 22.8 Å². The number of carbonyl (C=O) groups excluding carboxylic acids is 1. The van der Waals surface area contributed by atoms with Crippen LogP contribution in [0.25, 0.3) is 0 Å². The normalized spacial score (nSPS) is 14.6. The number of urea groups is 1. The van der Waals surface area contributed by atoms with E-state index >= 15 is 0 Å². The molecule has 0 bridgehead atoms. The average molecular weight is 286 g/mol. The number of nitrogens with one attached hydrogen (secondary N) is 1. The molecule has 0 heterocycles. The molecule has 2 amide bonds. The molecular weight excluding hydrogens is 269 g/mol. The summed E-state index contributed by atoms with van der Waals surface area (Å²) in [4.78, 5) is 22.8. The first-order valence-electron chi connectivity index (χ1n) is 5.61. The van der Waals surface area contributed by atoms with Crippen LogP contribution < -0.4 is 5.32 Å². The number of aliphatic hydroxyl groups excluding tert-OH is 1. The van der Waals surface area contributed by atoms with Crippen molar-refractivity contribution in [3.63, 3.8) is 0 Å². The number of amides is 2. The van der Waals surface area contributed by atoms with Gasteiger partial charge in [-0.2, -0.15) is 13.2 Å². The fourth-order valence-corrected chi connectivity index (χ4v) is 1.35. The van der Waals surface area contributed by atoms with Gasteiger partial charge in [-0.1, -0.05) is 6.92 Å². The summed E-state index contributed by atoms with van der Waals surface area (Å²) in [5, 5.41) is 19.7. The van der Waals surface area contributed by atoms with Gasteiger partial charge in [0.1, 0.15) is 6.54 Å². The number of rotatable bonds is 6. The monoisotopic (exact) mass is 286 g/mol. The van der Waals surface area contributed by atoms with Crippen molar-refractivity contribution in [2.45, 2.75) is 38.6 Å². The van der Waals surface area contributed by atoms with Gasteiger partial charge in [-0.05, 0) is 13.3 Å². The van der Waals surface area contributed by atoms with Crippen molar-refractivity contribution in [3.05, 3.63) is 0 Å². The molecule has 0 fully saturated rings. The van der Waals surface area contributed by atoms with Gasteiger partial charge in [0.25, 0.3) is 0 Å². The molecule has 3 N–H and O–H groups in total. The lowest BCUT2D eigenvalue weighted by Crippen LogP contribution is -2.54. The molecule has 2 unspecified atom stereocenters. The molecule has 112 valence electrons. The van der Waals surface area contributed by atoms with Crippen molar-refractivity contribution < 1.29 is 33.0 Å². The van der Waals surface area contributed by atoms with Crippen LogP contribution in [-0.4, -0.2) is 58.5 Å². The summed E-state index contributed by atoms with van der Waals surface area (Å²) in [6, 6.07) is -2.83. The Hall–Kier alpha value is -1.51. The maximum atomic E-state index is 12.3. The van der Waals surface area contributed by atoms with Gasteiger partial charge in [0.2, 0.25) is 0 Å². The minimum atomic E-state index is -4.57. The summed E-state index contributed by atoms with van der Waals surface area (Å²) in [6.07, 6.45) is -5.71. The van der Waals surface area contributed by atoms with E-state index in [2.05, 4.69) is 0 Å². The number of carbonyl (C=O) groups is 2. The second kappa shape index (κ2) is 7.17. The van der Waals surface area contributed by atoms with E-state index in [0.717, 1.165) is 6.92 Å². The molecule has 0 aliphatic heterocycles. The number of hydrogen-bond acceptors (Lipinski definition) is 3. The van der Waals surface area contributed by atoms with Crippen molar-refractivity contribution in [3.8, 4) is 0 Å². The van der Waals surface area contributed by atoms with Crippen LogP contribution in [0.2, 0.25) is 0 Å². The van der Waals surface area contributed by atoms with Crippen LogP contribution in [-0.2, 0) is 4.79 Å². The Labute approximate surface area is 108 Å². The van der Waals surface area contributed by atoms with Crippen molar-refractivity contribution in [1.29, 1.82) is 0 Å². The lowest BCUT2D eigenvalue weighted by atomic mass is 10.2. The van der Waals surface area contributed by atoms with Gasteiger partial charge in [0.15, 0.2) is 6.04 Å². The fraction of sp³-hybridized carbons (Fsp3) is 0.800. The van der Waals surface area contributed by atoms with Gasteiger partial charge in [0.05, 0.1) is 6.10 Å². The highest BCUT2D eigenvalue weighted by molar-refractivity contribution is 5.83. The third-order valence-corrected chi connectivity index (χ3v) is 2.18. The Morgan fingerprint density at radius 1 is 1.37 bits per heavy atom. The molecule has 0 radical (unpaired) electrons. The third-order valence-electron chi connectivity index (χ3n) is 2.18. The number of hydrogen-bond donors (Lipinski definition) is 3. The predicted octanol–water partition coefficient (Wildman–Crippen LogP) is 0.804. The highest BCUT2D eigenvalue weighted by Crippen LogP contribution is 2.16. The van der Waals surface area contributed by atoms with Crippen LogP contribution in [0.1, 0.15) is 20.3 Å². The van der Waals surface area contributed by atoms with Gasteiger partial charge in [0, 0.05) is 6.54 Å². The second-order valence-corrected chi connectivity index (χ2v) is 4.04. The number of halogens is 3. The van der Waals surface area contributed by atoms with Crippen molar-refractivity contribution in [1.82, 2.24) is 10.2 Å². The first-order chi connectivity index (χ1) is 8.58. The Kier molecular flexibility index (Phi) is 6.60. The number of aliphatic hydroxyl groups is 1. The fourth-order valence-electron chi connectivity index (χ4n) is 1.35. The SMILES string of the molecule is CCCN(CC(F)(F)F)C(=O)NC(C(=O)O)C(C)O. The zero-order valence-electron chi connectivity index (χ0n) is 10.6. The minimum Gasteiger partial charge on any atom is -0.480 e. The van der Waals surface area contributed by atoms with Crippen LogP contribution in [0.4, 0.5) is 18.0 Å². The first kappa shape index (κ1) is 17.5. The topological polar surface area (TPSA) is 89.9 Å². The number of carboxylic acids is 1. The molecule has 0 aliphatic carbocycles. The average Bonchev–Trinajstić information content (AvgIpc) is 2.22. The third kappa shape index (κ3) is 6.85. The lowest BCUT2D eigenvalue weighted by Gasteiger charge is -2.26. The highest BCUT2D eigenvalue weighted by atomic mass is 19.4. The van der Waals surface area contributed by atoms with Gasteiger partial charge < -0.3 is 20.4 Å². The van der Waals surface area contributed by atoms with Crippen LogP contribution in [0.5, 0.6) is 0 Å². The van der Waals surface area contributed by atoms with E-state index in [1.165, 1.54) is 0 Å². The quantitative estimate of drug-likeness (QED) is 0.674. The van der Waals surface area contributed by atoms with Gasteiger partial charge >= 0.3 is 18.2 Å². The molecular formula is C10H17F3N2O4. The number of alkyl halides is 3. The first-order valence-corrected chi connectivity index (χ1v) is 5.61. The van der Waals surface area contributed by atoms with E-state index in [-0.39, 0.29) is 13.0 Å². The summed E-state index contributed by atoms with van der Waals surface area (Å²) >= 11 is 0. The number of nitrogens with zero attached hydrogens (tertiary/aromatic N) is 1. The summed E-state index contributed by atoms with van der Waals surface area (Å²) in [5.41, 5.74) is 0. The molecule has 2 atom stereocenters. The summed E-state index contributed by atoms with van der Waals surface area (Å²) in [6.45, 7) is 1.06. The molecule has 0 saturated heterocycles. The van der Waals surface area contributed by atoms with Crippen molar-refractivity contribution in [2.24, 2.45) is 0 Å². The van der Waals surface area contributed by atoms with E-state index in [1.807, 2.05) is 5.32 Å². The second-order valence-electron chi connectivity index (χ2n) is 4.04. The van der Waals surface area contributed by atoms with Crippen LogP contribution in [0, 0.1) is 0 Å². The lowest BCUT2D eigenvalue weighted by molar-refractivity contribution is -0.142. The van der Waals surface area contributed by atoms with E-state index in [1.54, 1.807) is 6.92 Å². The smallest absolute Gasteiger partial charge is 0.406 e. The van der Waals surface area contributed by atoms with Crippen LogP contribution >= 0.6 is 0 Å². The van der Waals surface area contributed by atoms with Gasteiger partial charge in [-0.25, -0.2) is 9.59 Å². The molecule has 0 aromatic heterocycles. The van der Waals surface area contributed by atoms with Crippen LogP contribution in [0.3, 0.4) is 0 Å². The largest absolute Gasteiger partial charge is 0.480 e. The summed E-state index contributed by atoms with van der Waals surface area (Å²) < 4.78 is 36.8.